The predicted octanol–water partition coefficient (Wildman–Crippen LogP) is 4.67. The molecule has 2 atom stereocenters. The van der Waals surface area contributed by atoms with Gasteiger partial charge in [0.15, 0.2) is 0 Å². The van der Waals surface area contributed by atoms with E-state index in [9.17, 15) is 14.4 Å². The van der Waals surface area contributed by atoms with Crippen LogP contribution in [0.4, 0.5) is 0 Å². The third kappa shape index (κ3) is 11.2. The van der Waals surface area contributed by atoms with Gasteiger partial charge in [-0.1, -0.05) is 42.5 Å². The summed E-state index contributed by atoms with van der Waals surface area (Å²) >= 11 is 0. The normalized spacial score (nSPS) is 12.9. The summed E-state index contributed by atoms with van der Waals surface area (Å²) < 4.78 is 10.9. The number of unbranched alkanes of at least 4 members (excludes halogenated alkanes) is 1. The van der Waals surface area contributed by atoms with Crippen LogP contribution in [0.5, 0.6) is 0 Å². The fourth-order valence-electron chi connectivity index (χ4n) is 2.91. The van der Waals surface area contributed by atoms with Gasteiger partial charge in [-0.2, -0.15) is 0 Å². The van der Waals surface area contributed by atoms with E-state index in [0.29, 0.717) is 12.8 Å². The second-order valence-corrected chi connectivity index (χ2v) is 8.33. The number of nitrogens with one attached hydrogen (secondary N) is 1. The lowest BCUT2D eigenvalue weighted by Crippen LogP contribution is -2.36. The van der Waals surface area contributed by atoms with E-state index < -0.39 is 23.6 Å². The van der Waals surface area contributed by atoms with Gasteiger partial charge in [0.1, 0.15) is 11.7 Å². The standard InChI is InChI=1S/C25H35NO5/c1-6-8-10-16-22(27)30-21(19-14-11-9-12-15-19)18-26-24(29)20(13-7-2)17-23(28)31-25(3,4)5/h6-7,9,11-12,14-15,20-21H,1-2,8,10,13,16-18H2,3-5H3,(H,26,29). The average Bonchev–Trinajstić information content (AvgIpc) is 2.70. The molecule has 0 aromatic heterocycles. The van der Waals surface area contributed by atoms with Gasteiger partial charge >= 0.3 is 11.9 Å². The first-order valence-corrected chi connectivity index (χ1v) is 10.6. The zero-order chi connectivity index (χ0) is 23.3. The molecule has 0 heterocycles. The molecular formula is C25H35NO5. The first-order valence-electron chi connectivity index (χ1n) is 10.6. The third-order valence-corrected chi connectivity index (χ3v) is 4.35. The number of ether oxygens (including phenoxy) is 2. The van der Waals surface area contributed by atoms with Gasteiger partial charge in [0.25, 0.3) is 0 Å². The van der Waals surface area contributed by atoms with Gasteiger partial charge in [-0.15, -0.1) is 13.2 Å². The van der Waals surface area contributed by atoms with Crippen molar-refractivity contribution in [2.45, 2.75) is 64.6 Å². The molecule has 0 saturated carbocycles. The molecule has 0 aliphatic rings. The predicted molar refractivity (Wildman–Crippen MR) is 121 cm³/mol. The number of benzene rings is 1. The van der Waals surface area contributed by atoms with E-state index in [1.54, 1.807) is 32.9 Å². The molecule has 0 aliphatic carbocycles. The Hall–Kier alpha value is -2.89. The third-order valence-electron chi connectivity index (χ3n) is 4.35. The van der Waals surface area contributed by atoms with Gasteiger partial charge in [0, 0.05) is 6.42 Å². The van der Waals surface area contributed by atoms with Gasteiger partial charge in [-0.05, 0) is 45.6 Å². The van der Waals surface area contributed by atoms with Crippen LogP contribution in [0, 0.1) is 5.92 Å². The van der Waals surface area contributed by atoms with Gasteiger partial charge in [0.2, 0.25) is 5.91 Å². The summed E-state index contributed by atoms with van der Waals surface area (Å²) in [5, 5.41) is 2.82. The maximum atomic E-state index is 12.7. The maximum absolute atomic E-state index is 12.7. The lowest BCUT2D eigenvalue weighted by molar-refractivity contribution is -0.157. The molecule has 0 spiro atoms. The van der Waals surface area contributed by atoms with Crippen LogP contribution in [0.15, 0.2) is 55.6 Å². The van der Waals surface area contributed by atoms with Gasteiger partial charge in [-0.3, -0.25) is 14.4 Å². The Morgan fingerprint density at radius 1 is 1.06 bits per heavy atom. The summed E-state index contributed by atoms with van der Waals surface area (Å²) in [4.78, 5) is 37.1. The Balaban J connectivity index is 2.77. The fraction of sp³-hybridized carbons (Fsp3) is 0.480. The summed E-state index contributed by atoms with van der Waals surface area (Å²) in [6, 6.07) is 9.25. The van der Waals surface area contributed by atoms with Crippen molar-refractivity contribution in [3.05, 3.63) is 61.2 Å². The number of allylic oxidation sites excluding steroid dienone is 2. The van der Waals surface area contributed by atoms with Crippen molar-refractivity contribution >= 4 is 17.8 Å². The van der Waals surface area contributed by atoms with E-state index >= 15 is 0 Å². The fourth-order valence-corrected chi connectivity index (χ4v) is 2.91. The summed E-state index contributed by atoms with van der Waals surface area (Å²) in [6.07, 6.45) is 4.70. The van der Waals surface area contributed by atoms with E-state index in [2.05, 4.69) is 18.5 Å². The molecule has 0 fully saturated rings. The van der Waals surface area contributed by atoms with Crippen LogP contribution in [0.2, 0.25) is 0 Å². The topological polar surface area (TPSA) is 81.7 Å². The van der Waals surface area contributed by atoms with E-state index in [4.69, 9.17) is 9.47 Å². The Kier molecular flexibility index (Phi) is 11.3. The Morgan fingerprint density at radius 3 is 2.32 bits per heavy atom. The smallest absolute Gasteiger partial charge is 0.307 e. The minimum absolute atomic E-state index is 0.0491. The monoisotopic (exact) mass is 429 g/mol. The number of hydrogen-bond acceptors (Lipinski definition) is 5. The van der Waals surface area contributed by atoms with Crippen LogP contribution >= 0.6 is 0 Å². The minimum atomic E-state index is -0.621. The number of esters is 2. The first-order chi connectivity index (χ1) is 14.7. The number of carbonyl (C=O) groups is 3. The van der Waals surface area contributed by atoms with Gasteiger partial charge in [-0.25, -0.2) is 0 Å². The molecule has 0 saturated heterocycles. The van der Waals surface area contributed by atoms with Crippen LogP contribution in [0.25, 0.3) is 0 Å². The van der Waals surface area contributed by atoms with Gasteiger partial charge < -0.3 is 14.8 Å². The van der Waals surface area contributed by atoms with Crippen molar-refractivity contribution in [1.82, 2.24) is 5.32 Å². The molecule has 0 aliphatic heterocycles. The van der Waals surface area contributed by atoms with E-state index in [1.165, 1.54) is 0 Å². The molecule has 1 amide bonds. The van der Waals surface area contributed by atoms with Crippen LogP contribution in [-0.4, -0.2) is 30.0 Å². The second-order valence-electron chi connectivity index (χ2n) is 8.33. The summed E-state index contributed by atoms with van der Waals surface area (Å²) in [6.45, 7) is 12.8. The highest BCUT2D eigenvalue weighted by atomic mass is 16.6. The minimum Gasteiger partial charge on any atom is -0.460 e. The summed E-state index contributed by atoms with van der Waals surface area (Å²) in [5.74, 6) is -1.69. The highest BCUT2D eigenvalue weighted by Crippen LogP contribution is 2.19. The Bertz CT molecular complexity index is 736. The van der Waals surface area contributed by atoms with Crippen molar-refractivity contribution < 1.29 is 23.9 Å². The van der Waals surface area contributed by atoms with Crippen LogP contribution < -0.4 is 5.32 Å². The maximum Gasteiger partial charge on any atom is 0.307 e. The van der Waals surface area contributed by atoms with Crippen molar-refractivity contribution in [3.8, 4) is 0 Å². The molecule has 31 heavy (non-hydrogen) atoms. The lowest BCUT2D eigenvalue weighted by Gasteiger charge is -2.23. The van der Waals surface area contributed by atoms with Crippen molar-refractivity contribution in [1.29, 1.82) is 0 Å². The quantitative estimate of drug-likeness (QED) is 0.280. The molecule has 1 N–H and O–H groups in total. The molecule has 0 radical (unpaired) electrons. The first kappa shape index (κ1) is 26.1. The number of carbonyl (C=O) groups excluding carboxylic acids is 3. The van der Waals surface area contributed by atoms with Crippen LogP contribution in [-0.2, 0) is 23.9 Å². The average molecular weight is 430 g/mol. The lowest BCUT2D eigenvalue weighted by atomic mass is 10.00. The molecule has 1 aromatic carbocycles. The molecule has 2 unspecified atom stereocenters. The second kappa shape index (κ2) is 13.4. The van der Waals surface area contributed by atoms with Crippen molar-refractivity contribution in [2.24, 2.45) is 5.92 Å². The van der Waals surface area contributed by atoms with E-state index in [1.807, 2.05) is 30.3 Å². The Labute approximate surface area is 185 Å². The number of rotatable bonds is 13. The van der Waals surface area contributed by atoms with Crippen LogP contribution in [0.1, 0.15) is 64.5 Å². The SMILES string of the molecule is C=CCCCC(=O)OC(CNC(=O)C(CC=C)CC(=O)OC(C)(C)C)c1ccccc1. The molecule has 1 aromatic rings. The van der Waals surface area contributed by atoms with E-state index in [-0.39, 0.29) is 31.3 Å². The largest absolute Gasteiger partial charge is 0.460 e. The highest BCUT2D eigenvalue weighted by Gasteiger charge is 2.26. The molecule has 6 heteroatoms. The van der Waals surface area contributed by atoms with Crippen LogP contribution in [0.3, 0.4) is 0 Å². The van der Waals surface area contributed by atoms with Crippen molar-refractivity contribution in [2.75, 3.05) is 6.54 Å². The van der Waals surface area contributed by atoms with Gasteiger partial charge in [0.05, 0.1) is 18.9 Å². The molecule has 6 nitrogen and oxygen atoms in total. The zero-order valence-corrected chi connectivity index (χ0v) is 18.9. The molecule has 1 rings (SSSR count). The molecule has 0 bridgehead atoms. The molecule has 170 valence electrons. The summed E-state index contributed by atoms with van der Waals surface area (Å²) in [5.41, 5.74) is 0.164. The number of amides is 1. The zero-order valence-electron chi connectivity index (χ0n) is 18.9. The Morgan fingerprint density at radius 2 is 1.74 bits per heavy atom. The number of hydrogen-bond donors (Lipinski definition) is 1. The van der Waals surface area contributed by atoms with Crippen molar-refractivity contribution in [3.63, 3.8) is 0 Å². The highest BCUT2D eigenvalue weighted by molar-refractivity contribution is 5.84. The molecular weight excluding hydrogens is 394 g/mol. The summed E-state index contributed by atoms with van der Waals surface area (Å²) in [7, 11) is 0. The van der Waals surface area contributed by atoms with E-state index in [0.717, 1.165) is 12.0 Å².